The molecule has 1 aromatic rings. The number of nitrogens with two attached hydrogens (primary N) is 1. The van der Waals surface area contributed by atoms with Crippen LogP contribution in [0, 0.1) is 5.82 Å². The van der Waals surface area contributed by atoms with Gasteiger partial charge in [-0.05, 0) is 57.7 Å². The summed E-state index contributed by atoms with van der Waals surface area (Å²) in [5.41, 5.74) is 7.46. The fourth-order valence-electron chi connectivity index (χ4n) is 2.70. The molecule has 2 N–H and O–H groups in total. The zero-order valence-electron chi connectivity index (χ0n) is 13.8. The third-order valence-corrected chi connectivity index (χ3v) is 3.94. The highest BCUT2D eigenvalue weighted by atomic mass is 19.1. The Morgan fingerprint density at radius 3 is 2.19 bits per heavy atom. The van der Waals surface area contributed by atoms with Crippen LogP contribution in [0.3, 0.4) is 0 Å². The molecular formula is C17H30FN3. The van der Waals surface area contributed by atoms with Gasteiger partial charge in [-0.25, -0.2) is 4.39 Å². The first-order chi connectivity index (χ1) is 9.99. The summed E-state index contributed by atoms with van der Waals surface area (Å²) in [6.07, 6.45) is 2.02. The summed E-state index contributed by atoms with van der Waals surface area (Å²) in [6.45, 7) is 7.28. The maximum Gasteiger partial charge on any atom is 0.123 e. The first kappa shape index (κ1) is 18.1. The van der Waals surface area contributed by atoms with Crippen molar-refractivity contribution in [2.24, 2.45) is 5.73 Å². The number of halogens is 1. The van der Waals surface area contributed by atoms with E-state index in [1.807, 2.05) is 12.1 Å². The van der Waals surface area contributed by atoms with Gasteiger partial charge in [0.2, 0.25) is 0 Å². The zero-order chi connectivity index (χ0) is 15.8. The van der Waals surface area contributed by atoms with Gasteiger partial charge in [0.15, 0.2) is 0 Å². The first-order valence-corrected chi connectivity index (χ1v) is 7.89. The number of hydrogen-bond donors (Lipinski definition) is 1. The number of hydrogen-bond acceptors (Lipinski definition) is 3. The SMILES string of the molecule is CCC(N)C(c1ccc(F)cc1)N(CC)CCCN(C)C. The van der Waals surface area contributed by atoms with Gasteiger partial charge in [-0.2, -0.15) is 0 Å². The van der Waals surface area contributed by atoms with E-state index >= 15 is 0 Å². The Labute approximate surface area is 128 Å². The van der Waals surface area contributed by atoms with E-state index in [1.54, 1.807) is 0 Å². The maximum atomic E-state index is 13.2. The molecule has 0 spiro atoms. The number of likely N-dealkylation sites (N-methyl/N-ethyl adjacent to an activating group) is 1. The average Bonchev–Trinajstić information content (AvgIpc) is 2.47. The van der Waals surface area contributed by atoms with Gasteiger partial charge in [-0.3, -0.25) is 4.90 Å². The van der Waals surface area contributed by atoms with E-state index in [9.17, 15) is 4.39 Å². The van der Waals surface area contributed by atoms with Crippen LogP contribution in [0.15, 0.2) is 24.3 Å². The molecular weight excluding hydrogens is 265 g/mol. The van der Waals surface area contributed by atoms with Crippen LogP contribution in [-0.2, 0) is 0 Å². The number of nitrogens with zero attached hydrogens (tertiary/aromatic N) is 2. The molecule has 2 unspecified atom stereocenters. The first-order valence-electron chi connectivity index (χ1n) is 7.89. The van der Waals surface area contributed by atoms with E-state index in [2.05, 4.69) is 37.7 Å². The molecule has 1 rings (SSSR count). The Hall–Kier alpha value is -0.970. The Morgan fingerprint density at radius 2 is 1.71 bits per heavy atom. The molecule has 0 amide bonds. The molecule has 4 heteroatoms. The van der Waals surface area contributed by atoms with Gasteiger partial charge < -0.3 is 10.6 Å². The third-order valence-electron chi connectivity index (χ3n) is 3.94. The van der Waals surface area contributed by atoms with E-state index in [0.717, 1.165) is 38.0 Å². The van der Waals surface area contributed by atoms with Crippen LogP contribution in [0.5, 0.6) is 0 Å². The standard InChI is InChI=1S/C17H30FN3/c1-5-16(19)17(14-8-10-15(18)11-9-14)21(6-2)13-7-12-20(3)4/h8-11,16-17H,5-7,12-13,19H2,1-4H3. The molecule has 0 saturated carbocycles. The molecule has 0 heterocycles. The molecule has 2 atom stereocenters. The fraction of sp³-hybridized carbons (Fsp3) is 0.647. The van der Waals surface area contributed by atoms with Crippen molar-refractivity contribution >= 4 is 0 Å². The largest absolute Gasteiger partial charge is 0.326 e. The molecule has 0 aliphatic carbocycles. The topological polar surface area (TPSA) is 32.5 Å². The van der Waals surface area contributed by atoms with Gasteiger partial charge >= 0.3 is 0 Å². The Morgan fingerprint density at radius 1 is 1.10 bits per heavy atom. The normalized spacial score (nSPS) is 14.7. The Balaban J connectivity index is 2.85. The van der Waals surface area contributed by atoms with Crippen LogP contribution in [-0.4, -0.2) is 49.6 Å². The van der Waals surface area contributed by atoms with Crippen molar-refractivity contribution in [1.29, 1.82) is 0 Å². The molecule has 1 aromatic carbocycles. The van der Waals surface area contributed by atoms with Gasteiger partial charge in [-0.1, -0.05) is 26.0 Å². The van der Waals surface area contributed by atoms with Crippen molar-refractivity contribution in [3.05, 3.63) is 35.6 Å². The van der Waals surface area contributed by atoms with Crippen molar-refractivity contribution in [1.82, 2.24) is 9.80 Å². The summed E-state index contributed by atoms with van der Waals surface area (Å²) < 4.78 is 13.2. The Kier molecular flexibility index (Phi) is 7.86. The summed E-state index contributed by atoms with van der Waals surface area (Å²) in [7, 11) is 4.18. The van der Waals surface area contributed by atoms with E-state index < -0.39 is 0 Å². The van der Waals surface area contributed by atoms with Crippen molar-refractivity contribution < 1.29 is 4.39 Å². The fourth-order valence-corrected chi connectivity index (χ4v) is 2.70. The summed E-state index contributed by atoms with van der Waals surface area (Å²) in [4.78, 5) is 4.60. The number of rotatable bonds is 9. The van der Waals surface area contributed by atoms with E-state index in [1.165, 1.54) is 12.1 Å². The highest BCUT2D eigenvalue weighted by molar-refractivity contribution is 5.21. The molecule has 0 aliphatic rings. The second-order valence-corrected chi connectivity index (χ2v) is 5.85. The molecule has 0 fully saturated rings. The van der Waals surface area contributed by atoms with Crippen molar-refractivity contribution in [3.8, 4) is 0 Å². The van der Waals surface area contributed by atoms with Gasteiger partial charge in [0.25, 0.3) is 0 Å². The monoisotopic (exact) mass is 295 g/mol. The van der Waals surface area contributed by atoms with Gasteiger partial charge in [-0.15, -0.1) is 0 Å². The molecule has 0 saturated heterocycles. The van der Waals surface area contributed by atoms with Crippen molar-refractivity contribution in [2.45, 2.75) is 38.8 Å². The lowest BCUT2D eigenvalue weighted by Gasteiger charge is -2.35. The minimum atomic E-state index is -0.196. The van der Waals surface area contributed by atoms with Crippen molar-refractivity contribution in [3.63, 3.8) is 0 Å². The van der Waals surface area contributed by atoms with Gasteiger partial charge in [0.1, 0.15) is 5.82 Å². The smallest absolute Gasteiger partial charge is 0.123 e. The predicted molar refractivity (Wildman–Crippen MR) is 87.8 cm³/mol. The van der Waals surface area contributed by atoms with E-state index in [4.69, 9.17) is 5.73 Å². The molecule has 21 heavy (non-hydrogen) atoms. The van der Waals surface area contributed by atoms with E-state index in [0.29, 0.717) is 0 Å². The Bertz CT molecular complexity index is 392. The lowest BCUT2D eigenvalue weighted by Crippen LogP contribution is -2.41. The summed E-state index contributed by atoms with van der Waals surface area (Å²) >= 11 is 0. The van der Waals surface area contributed by atoms with Crippen LogP contribution in [0.2, 0.25) is 0 Å². The second kappa shape index (κ2) is 9.13. The minimum absolute atomic E-state index is 0.0646. The number of benzene rings is 1. The van der Waals surface area contributed by atoms with E-state index in [-0.39, 0.29) is 17.9 Å². The zero-order valence-corrected chi connectivity index (χ0v) is 13.8. The molecule has 0 bridgehead atoms. The lowest BCUT2D eigenvalue weighted by atomic mass is 9.96. The van der Waals surface area contributed by atoms with Crippen LogP contribution < -0.4 is 5.73 Å². The average molecular weight is 295 g/mol. The highest BCUT2D eigenvalue weighted by Crippen LogP contribution is 2.25. The second-order valence-electron chi connectivity index (χ2n) is 5.85. The van der Waals surface area contributed by atoms with Crippen LogP contribution >= 0.6 is 0 Å². The quantitative estimate of drug-likeness (QED) is 0.760. The van der Waals surface area contributed by atoms with Crippen LogP contribution in [0.1, 0.15) is 38.3 Å². The van der Waals surface area contributed by atoms with Gasteiger partial charge in [0, 0.05) is 18.6 Å². The summed E-state index contributed by atoms with van der Waals surface area (Å²) in [5.74, 6) is -0.196. The maximum absolute atomic E-state index is 13.2. The molecule has 0 radical (unpaired) electrons. The minimum Gasteiger partial charge on any atom is -0.326 e. The van der Waals surface area contributed by atoms with Gasteiger partial charge in [0.05, 0.1) is 0 Å². The molecule has 120 valence electrons. The van der Waals surface area contributed by atoms with Crippen LogP contribution in [0.4, 0.5) is 4.39 Å². The molecule has 0 aromatic heterocycles. The molecule has 3 nitrogen and oxygen atoms in total. The van der Waals surface area contributed by atoms with Crippen molar-refractivity contribution in [2.75, 3.05) is 33.7 Å². The van der Waals surface area contributed by atoms with Crippen LogP contribution in [0.25, 0.3) is 0 Å². The lowest BCUT2D eigenvalue weighted by molar-refractivity contribution is 0.170. The summed E-state index contributed by atoms with van der Waals surface area (Å²) in [6, 6.07) is 7.00. The predicted octanol–water partition coefficient (Wildman–Crippen LogP) is 2.88. The highest BCUT2D eigenvalue weighted by Gasteiger charge is 2.24. The third kappa shape index (κ3) is 5.73. The molecule has 0 aliphatic heterocycles. The summed E-state index contributed by atoms with van der Waals surface area (Å²) in [5, 5.41) is 0.